The maximum atomic E-state index is 13.5. The molecule has 0 saturated heterocycles. The lowest BCUT2D eigenvalue weighted by atomic mass is 9.89. The molecule has 5 rings (SSSR count). The van der Waals surface area contributed by atoms with Crippen LogP contribution in [0.3, 0.4) is 0 Å². The topological polar surface area (TPSA) is 181 Å². The van der Waals surface area contributed by atoms with Gasteiger partial charge < -0.3 is 25.5 Å². The number of furan rings is 1. The number of amides is 3. The summed E-state index contributed by atoms with van der Waals surface area (Å²) >= 11 is 6.13. The van der Waals surface area contributed by atoms with Gasteiger partial charge in [-0.15, -0.1) is 5.10 Å². The maximum absolute atomic E-state index is 13.5. The maximum Gasteiger partial charge on any atom is 0.335 e. The Morgan fingerprint density at radius 1 is 0.936 bits per heavy atom. The first-order valence-corrected chi connectivity index (χ1v) is 14.7. The largest absolute Gasteiger partial charge is 0.478 e. The molecular formula is C33H30ClN7O6. The number of hydrogen-bond acceptors (Lipinski definition) is 8. The number of carboxylic acid groups (broad SMARTS) is 1. The molecule has 3 amide bonds. The van der Waals surface area contributed by atoms with Gasteiger partial charge in [-0.3, -0.25) is 14.4 Å². The zero-order chi connectivity index (χ0) is 33.7. The lowest BCUT2D eigenvalue weighted by Crippen LogP contribution is -2.49. The van der Waals surface area contributed by atoms with Crippen LogP contribution < -0.4 is 16.0 Å². The van der Waals surface area contributed by atoms with Crippen LogP contribution in [0.15, 0.2) is 89.8 Å². The van der Waals surface area contributed by atoms with E-state index in [1.807, 2.05) is 18.2 Å². The van der Waals surface area contributed by atoms with Crippen molar-refractivity contribution < 1.29 is 28.7 Å². The third kappa shape index (κ3) is 8.07. The normalized spacial score (nSPS) is 11.8. The minimum absolute atomic E-state index is 0.0246. The number of nitrogens with zero attached hydrogens (tertiary/aromatic N) is 4. The third-order valence-corrected chi connectivity index (χ3v) is 7.41. The van der Waals surface area contributed by atoms with Crippen LogP contribution in [0.1, 0.15) is 42.3 Å². The molecule has 47 heavy (non-hydrogen) atoms. The number of halogens is 1. The highest BCUT2D eigenvalue weighted by Gasteiger charge is 2.26. The van der Waals surface area contributed by atoms with Crippen LogP contribution in [0.5, 0.6) is 0 Å². The first-order chi connectivity index (χ1) is 22.4. The summed E-state index contributed by atoms with van der Waals surface area (Å²) in [5.74, 6) is -3.21. The summed E-state index contributed by atoms with van der Waals surface area (Å²) in [4.78, 5) is 50.9. The van der Waals surface area contributed by atoms with Gasteiger partial charge in [-0.25, -0.2) is 4.79 Å². The number of benzene rings is 3. The molecule has 14 heteroatoms. The molecule has 5 aromatic rings. The average molecular weight is 656 g/mol. The molecule has 0 unspecified atom stereocenters. The highest BCUT2D eigenvalue weighted by molar-refractivity contribution is 6.40. The van der Waals surface area contributed by atoms with Crippen LogP contribution in [-0.2, 0) is 26.2 Å². The Labute approximate surface area is 273 Å². The Balaban J connectivity index is 1.35. The number of anilines is 2. The van der Waals surface area contributed by atoms with Crippen LogP contribution in [0, 0.1) is 0 Å². The monoisotopic (exact) mass is 655 g/mol. The zero-order valence-electron chi connectivity index (χ0n) is 25.5. The van der Waals surface area contributed by atoms with E-state index in [4.69, 9.17) is 16.0 Å². The molecule has 0 aliphatic rings. The van der Waals surface area contributed by atoms with Gasteiger partial charge in [0.2, 0.25) is 5.91 Å². The second-order valence-electron chi connectivity index (χ2n) is 11.6. The molecule has 3 aromatic carbocycles. The van der Waals surface area contributed by atoms with Crippen molar-refractivity contribution in [3.8, 4) is 17.0 Å². The fourth-order valence-electron chi connectivity index (χ4n) is 4.54. The molecule has 0 radical (unpaired) electrons. The molecule has 0 aliphatic heterocycles. The SMILES string of the molecule is CC(C)(C)c1coc(-c2ccc(C[C@H](NC(=O)C(=O)Nc3cc(Cl)ccc3-n3cnnn3)C(=O)Nc3ccc(C(=O)O)cc3)cc2)c1. The average Bonchev–Trinajstić information content (AvgIpc) is 3.75. The second kappa shape index (κ2) is 13.7. The molecule has 0 aliphatic carbocycles. The van der Waals surface area contributed by atoms with E-state index >= 15 is 0 Å². The van der Waals surface area contributed by atoms with Gasteiger partial charge in [0.1, 0.15) is 18.1 Å². The Morgan fingerprint density at radius 2 is 1.66 bits per heavy atom. The summed E-state index contributed by atoms with van der Waals surface area (Å²) in [6.45, 7) is 6.27. The van der Waals surface area contributed by atoms with Gasteiger partial charge in [0.15, 0.2) is 0 Å². The van der Waals surface area contributed by atoms with Crippen LogP contribution >= 0.6 is 11.6 Å². The van der Waals surface area contributed by atoms with E-state index in [9.17, 15) is 24.3 Å². The van der Waals surface area contributed by atoms with Crippen molar-refractivity contribution in [1.29, 1.82) is 0 Å². The molecule has 1 atom stereocenters. The van der Waals surface area contributed by atoms with E-state index in [0.29, 0.717) is 22.7 Å². The van der Waals surface area contributed by atoms with Crippen LogP contribution in [0.25, 0.3) is 17.0 Å². The van der Waals surface area contributed by atoms with Crippen molar-refractivity contribution in [2.24, 2.45) is 0 Å². The van der Waals surface area contributed by atoms with Crippen LogP contribution in [0.4, 0.5) is 11.4 Å². The Bertz CT molecular complexity index is 1910. The molecule has 0 fully saturated rings. The fourth-order valence-corrected chi connectivity index (χ4v) is 4.71. The standard InChI is InChI=1S/C33H30ClN7O6/c1-33(2,3)22-15-28(47-17-22)20-6-4-19(5-7-20)14-26(29(42)36-24-11-8-21(9-12-24)32(45)46)38-31(44)30(43)37-25-16-23(34)10-13-27(25)41-18-35-39-40-41/h4-13,15-18,26H,14H2,1-3H3,(H,36,42)(H,37,43)(H,38,44)(H,45,46)/t26-/m0/s1. The number of carbonyl (C=O) groups is 4. The number of carbonyl (C=O) groups excluding carboxylic acids is 3. The highest BCUT2D eigenvalue weighted by atomic mass is 35.5. The van der Waals surface area contributed by atoms with E-state index in [-0.39, 0.29) is 28.1 Å². The summed E-state index contributed by atoms with van der Waals surface area (Å²) in [5, 5.41) is 28.1. The number of aromatic nitrogens is 4. The zero-order valence-corrected chi connectivity index (χ0v) is 26.3. The van der Waals surface area contributed by atoms with Crippen LogP contribution in [-0.4, -0.2) is 55.0 Å². The summed E-state index contributed by atoms with van der Waals surface area (Å²) in [6.07, 6.45) is 3.06. The lowest BCUT2D eigenvalue weighted by molar-refractivity contribution is -0.137. The van der Waals surface area contributed by atoms with Crippen molar-refractivity contribution in [2.75, 3.05) is 10.6 Å². The second-order valence-corrected chi connectivity index (χ2v) is 12.1. The van der Waals surface area contributed by atoms with Gasteiger partial charge in [-0.2, -0.15) is 4.68 Å². The predicted molar refractivity (Wildman–Crippen MR) is 173 cm³/mol. The van der Waals surface area contributed by atoms with Gasteiger partial charge >= 0.3 is 17.8 Å². The number of nitrogens with one attached hydrogen (secondary N) is 3. The molecule has 2 aromatic heterocycles. The third-order valence-electron chi connectivity index (χ3n) is 7.17. The lowest BCUT2D eigenvalue weighted by Gasteiger charge is -2.19. The number of rotatable bonds is 9. The van der Waals surface area contributed by atoms with Crippen molar-refractivity contribution in [3.05, 3.63) is 107 Å². The van der Waals surface area contributed by atoms with Gasteiger partial charge in [-0.1, -0.05) is 56.6 Å². The minimum Gasteiger partial charge on any atom is -0.478 e. The molecule has 240 valence electrons. The predicted octanol–water partition coefficient (Wildman–Crippen LogP) is 4.88. The Hall–Kier alpha value is -5.82. The molecular weight excluding hydrogens is 626 g/mol. The van der Waals surface area contributed by atoms with Crippen molar-refractivity contribution in [1.82, 2.24) is 25.5 Å². The summed E-state index contributed by atoms with van der Waals surface area (Å²) in [5.41, 5.74) is 3.34. The van der Waals surface area contributed by atoms with Crippen molar-refractivity contribution in [2.45, 2.75) is 38.6 Å². The van der Waals surface area contributed by atoms with Crippen molar-refractivity contribution in [3.63, 3.8) is 0 Å². The minimum atomic E-state index is -1.20. The van der Waals surface area contributed by atoms with Gasteiger partial charge in [-0.05, 0) is 75.5 Å². The fraction of sp³-hybridized carbons (Fsp3) is 0.182. The Morgan fingerprint density at radius 3 is 2.28 bits per heavy atom. The van der Waals surface area contributed by atoms with Gasteiger partial charge in [0.25, 0.3) is 0 Å². The molecule has 2 heterocycles. The first-order valence-electron chi connectivity index (χ1n) is 14.3. The number of carboxylic acids is 1. The molecule has 4 N–H and O–H groups in total. The van der Waals surface area contributed by atoms with E-state index in [1.54, 1.807) is 30.5 Å². The highest BCUT2D eigenvalue weighted by Crippen LogP contribution is 2.30. The number of hydrogen-bond donors (Lipinski definition) is 4. The van der Waals surface area contributed by atoms with E-state index in [2.05, 4.69) is 52.2 Å². The van der Waals surface area contributed by atoms with Crippen molar-refractivity contribution >= 4 is 46.7 Å². The van der Waals surface area contributed by atoms with E-state index in [1.165, 1.54) is 41.3 Å². The smallest absolute Gasteiger partial charge is 0.335 e. The quantitative estimate of drug-likeness (QED) is 0.161. The summed E-state index contributed by atoms with van der Waals surface area (Å²) in [6, 6.07) is 18.1. The summed E-state index contributed by atoms with van der Waals surface area (Å²) in [7, 11) is 0. The summed E-state index contributed by atoms with van der Waals surface area (Å²) < 4.78 is 7.05. The van der Waals surface area contributed by atoms with E-state index in [0.717, 1.165) is 11.1 Å². The molecule has 0 saturated carbocycles. The first kappa shape index (κ1) is 32.6. The molecule has 0 spiro atoms. The van der Waals surface area contributed by atoms with E-state index < -0.39 is 29.7 Å². The molecule has 13 nitrogen and oxygen atoms in total. The number of aromatic carboxylic acids is 1. The van der Waals surface area contributed by atoms with Gasteiger partial charge in [0.05, 0.1) is 23.2 Å². The Kier molecular flexibility index (Phi) is 9.47. The van der Waals surface area contributed by atoms with Crippen LogP contribution in [0.2, 0.25) is 5.02 Å². The van der Waals surface area contributed by atoms with Gasteiger partial charge in [0, 0.05) is 22.7 Å². The molecule has 0 bridgehead atoms. The number of tetrazole rings is 1.